The van der Waals surface area contributed by atoms with E-state index in [0.29, 0.717) is 5.69 Å². The standard InChI is InChI=1S/C18H17ClFN3O4/c1-2-13(23-18(26)27)16(24)22-14-5-3-4-12(19)15(14)17(25)21-11-8-6-10(20)7-9-11/h3-9,13,23H,2H2,1H3,(H,21,25)(H,22,24)(H,26,27). The van der Waals surface area contributed by atoms with Gasteiger partial charge >= 0.3 is 6.09 Å². The lowest BCUT2D eigenvalue weighted by molar-refractivity contribution is -0.118. The van der Waals surface area contributed by atoms with Crippen LogP contribution in [0.15, 0.2) is 42.5 Å². The molecule has 2 aromatic carbocycles. The van der Waals surface area contributed by atoms with Crippen LogP contribution in [0.5, 0.6) is 0 Å². The first-order valence-electron chi connectivity index (χ1n) is 7.97. The SMILES string of the molecule is CCC(NC(=O)O)C(=O)Nc1cccc(Cl)c1C(=O)Nc1ccc(F)cc1. The topological polar surface area (TPSA) is 108 Å². The molecule has 0 aliphatic carbocycles. The molecule has 0 bridgehead atoms. The maximum atomic E-state index is 13.0. The molecule has 7 nitrogen and oxygen atoms in total. The maximum absolute atomic E-state index is 13.0. The highest BCUT2D eigenvalue weighted by molar-refractivity contribution is 6.35. The van der Waals surface area contributed by atoms with E-state index in [1.807, 2.05) is 0 Å². The van der Waals surface area contributed by atoms with E-state index in [4.69, 9.17) is 16.7 Å². The maximum Gasteiger partial charge on any atom is 0.405 e. The Morgan fingerprint density at radius 2 is 1.78 bits per heavy atom. The Morgan fingerprint density at radius 3 is 2.37 bits per heavy atom. The quantitative estimate of drug-likeness (QED) is 0.600. The number of nitrogens with one attached hydrogen (secondary N) is 3. The van der Waals surface area contributed by atoms with Crippen molar-refractivity contribution in [2.45, 2.75) is 19.4 Å². The first kappa shape index (κ1) is 20.2. The summed E-state index contributed by atoms with van der Waals surface area (Å²) in [7, 11) is 0. The summed E-state index contributed by atoms with van der Waals surface area (Å²) in [4.78, 5) is 35.7. The molecule has 0 saturated carbocycles. The summed E-state index contributed by atoms with van der Waals surface area (Å²) in [6, 6.07) is 8.63. The van der Waals surface area contributed by atoms with Gasteiger partial charge in [-0.3, -0.25) is 9.59 Å². The zero-order chi connectivity index (χ0) is 20.0. The summed E-state index contributed by atoms with van der Waals surface area (Å²) in [5.74, 6) is -1.69. The van der Waals surface area contributed by atoms with Gasteiger partial charge in [0.25, 0.3) is 5.91 Å². The molecule has 0 aliphatic rings. The van der Waals surface area contributed by atoms with E-state index >= 15 is 0 Å². The average molecular weight is 394 g/mol. The van der Waals surface area contributed by atoms with Gasteiger partial charge in [-0.05, 0) is 42.8 Å². The van der Waals surface area contributed by atoms with Crippen molar-refractivity contribution in [3.05, 3.63) is 58.9 Å². The fraction of sp³-hybridized carbons (Fsp3) is 0.167. The predicted octanol–water partition coefficient (Wildman–Crippen LogP) is 3.72. The number of carbonyl (C=O) groups is 3. The fourth-order valence-corrected chi connectivity index (χ4v) is 2.57. The van der Waals surface area contributed by atoms with Crippen LogP contribution >= 0.6 is 11.6 Å². The third kappa shape index (κ3) is 5.42. The molecule has 2 aromatic rings. The third-order valence-corrected chi connectivity index (χ3v) is 3.94. The lowest BCUT2D eigenvalue weighted by Gasteiger charge is -2.17. The minimum absolute atomic E-state index is 0.00187. The number of carbonyl (C=O) groups excluding carboxylic acids is 2. The highest BCUT2D eigenvalue weighted by atomic mass is 35.5. The van der Waals surface area contributed by atoms with Gasteiger partial charge in [-0.1, -0.05) is 24.6 Å². The first-order chi connectivity index (χ1) is 12.8. The largest absolute Gasteiger partial charge is 0.465 e. The highest BCUT2D eigenvalue weighted by Gasteiger charge is 2.22. The molecule has 4 N–H and O–H groups in total. The fourth-order valence-electron chi connectivity index (χ4n) is 2.31. The van der Waals surface area contributed by atoms with E-state index in [1.165, 1.54) is 42.5 Å². The van der Waals surface area contributed by atoms with Gasteiger partial charge in [-0.2, -0.15) is 0 Å². The summed E-state index contributed by atoms with van der Waals surface area (Å²) in [5, 5.41) is 16.1. The molecule has 0 aromatic heterocycles. The molecular formula is C18H17ClFN3O4. The zero-order valence-electron chi connectivity index (χ0n) is 14.3. The molecule has 27 heavy (non-hydrogen) atoms. The van der Waals surface area contributed by atoms with Gasteiger partial charge in [0.15, 0.2) is 0 Å². The smallest absolute Gasteiger partial charge is 0.405 e. The minimum Gasteiger partial charge on any atom is -0.465 e. The Morgan fingerprint density at radius 1 is 1.11 bits per heavy atom. The number of amides is 3. The van der Waals surface area contributed by atoms with Gasteiger partial charge in [0.05, 0.1) is 16.3 Å². The van der Waals surface area contributed by atoms with Crippen molar-refractivity contribution in [1.29, 1.82) is 0 Å². The van der Waals surface area contributed by atoms with Gasteiger partial charge in [-0.25, -0.2) is 9.18 Å². The number of anilines is 2. The van der Waals surface area contributed by atoms with Crippen LogP contribution in [0.2, 0.25) is 5.02 Å². The summed E-state index contributed by atoms with van der Waals surface area (Å²) >= 11 is 6.12. The molecule has 0 radical (unpaired) electrons. The van der Waals surface area contributed by atoms with Gasteiger partial charge in [0.1, 0.15) is 11.9 Å². The highest BCUT2D eigenvalue weighted by Crippen LogP contribution is 2.26. The van der Waals surface area contributed by atoms with Crippen molar-refractivity contribution < 1.29 is 23.9 Å². The number of hydrogen-bond acceptors (Lipinski definition) is 3. The summed E-state index contributed by atoms with van der Waals surface area (Å²) in [5.41, 5.74) is 0.470. The van der Waals surface area contributed by atoms with Crippen molar-refractivity contribution in [1.82, 2.24) is 5.32 Å². The number of halogens is 2. The van der Waals surface area contributed by atoms with Crippen molar-refractivity contribution in [3.8, 4) is 0 Å². The van der Waals surface area contributed by atoms with E-state index in [2.05, 4.69) is 16.0 Å². The second-order valence-corrected chi connectivity index (χ2v) is 5.93. The van der Waals surface area contributed by atoms with Gasteiger partial charge in [0, 0.05) is 5.69 Å². The van der Waals surface area contributed by atoms with Crippen LogP contribution < -0.4 is 16.0 Å². The molecule has 0 aliphatic heterocycles. The first-order valence-corrected chi connectivity index (χ1v) is 8.35. The summed E-state index contributed by atoms with van der Waals surface area (Å²) in [6.07, 6.45) is -1.12. The van der Waals surface area contributed by atoms with Crippen molar-refractivity contribution in [3.63, 3.8) is 0 Å². The van der Waals surface area contributed by atoms with Crippen molar-refractivity contribution >= 4 is 40.9 Å². The molecule has 0 spiro atoms. The molecule has 2 rings (SSSR count). The second kappa shape index (κ2) is 9.00. The molecule has 9 heteroatoms. The molecular weight excluding hydrogens is 377 g/mol. The molecule has 0 saturated heterocycles. The van der Waals surface area contributed by atoms with E-state index in [9.17, 15) is 18.8 Å². The predicted molar refractivity (Wildman–Crippen MR) is 99.7 cm³/mol. The van der Waals surface area contributed by atoms with Crippen LogP contribution in [-0.4, -0.2) is 29.1 Å². The minimum atomic E-state index is -1.34. The molecule has 1 unspecified atom stereocenters. The number of hydrogen-bond donors (Lipinski definition) is 4. The molecule has 142 valence electrons. The number of benzene rings is 2. The van der Waals surface area contributed by atoms with Crippen LogP contribution in [0.3, 0.4) is 0 Å². The van der Waals surface area contributed by atoms with Crippen LogP contribution in [0.4, 0.5) is 20.6 Å². The van der Waals surface area contributed by atoms with E-state index in [1.54, 1.807) is 6.92 Å². The number of rotatable bonds is 6. The van der Waals surface area contributed by atoms with Gasteiger partial charge in [-0.15, -0.1) is 0 Å². The van der Waals surface area contributed by atoms with E-state index in [0.717, 1.165) is 0 Å². The Balaban J connectivity index is 2.24. The van der Waals surface area contributed by atoms with E-state index in [-0.39, 0.29) is 22.7 Å². The lowest BCUT2D eigenvalue weighted by atomic mass is 10.1. The second-order valence-electron chi connectivity index (χ2n) is 5.52. The Bertz CT molecular complexity index is 858. The Hall–Kier alpha value is -3.13. The molecule has 1 atom stereocenters. The Kier molecular flexibility index (Phi) is 6.73. The normalized spacial score (nSPS) is 11.4. The van der Waals surface area contributed by atoms with Crippen LogP contribution in [0.25, 0.3) is 0 Å². The van der Waals surface area contributed by atoms with Crippen LogP contribution in [0, 0.1) is 5.82 Å². The monoisotopic (exact) mass is 393 g/mol. The zero-order valence-corrected chi connectivity index (χ0v) is 15.0. The van der Waals surface area contributed by atoms with E-state index < -0.39 is 29.8 Å². The van der Waals surface area contributed by atoms with Crippen LogP contribution in [-0.2, 0) is 4.79 Å². The van der Waals surface area contributed by atoms with Gasteiger partial charge < -0.3 is 21.1 Å². The number of carboxylic acid groups (broad SMARTS) is 1. The van der Waals surface area contributed by atoms with Gasteiger partial charge in [0.2, 0.25) is 5.91 Å². The van der Waals surface area contributed by atoms with Crippen molar-refractivity contribution in [2.75, 3.05) is 10.6 Å². The lowest BCUT2D eigenvalue weighted by Crippen LogP contribution is -2.42. The molecule has 0 fully saturated rings. The molecule has 0 heterocycles. The summed E-state index contributed by atoms with van der Waals surface area (Å²) < 4.78 is 13.0. The summed E-state index contributed by atoms with van der Waals surface area (Å²) in [6.45, 7) is 1.64. The third-order valence-electron chi connectivity index (χ3n) is 3.62. The molecule has 3 amide bonds. The average Bonchev–Trinajstić information content (AvgIpc) is 2.61. The van der Waals surface area contributed by atoms with Crippen LogP contribution in [0.1, 0.15) is 23.7 Å². The van der Waals surface area contributed by atoms with Crippen molar-refractivity contribution in [2.24, 2.45) is 0 Å². The Labute approximate surface area is 159 Å².